The second-order valence-electron chi connectivity index (χ2n) is 7.86. The highest BCUT2D eigenvalue weighted by molar-refractivity contribution is 6.16. The maximum atomic E-state index is 14.0. The molecule has 0 aromatic heterocycles. The van der Waals surface area contributed by atoms with E-state index in [9.17, 15) is 18.8 Å². The largest absolute Gasteiger partial charge is 0.381 e. The fourth-order valence-corrected chi connectivity index (χ4v) is 4.60. The van der Waals surface area contributed by atoms with Gasteiger partial charge < -0.3 is 10.5 Å². The van der Waals surface area contributed by atoms with Gasteiger partial charge in [-0.2, -0.15) is 0 Å². The molecule has 0 bridgehead atoms. The number of imide groups is 2. The van der Waals surface area contributed by atoms with Crippen LogP contribution in [-0.4, -0.2) is 42.0 Å². The minimum absolute atomic E-state index is 0.212. The molecule has 2 atom stereocenters. The molecule has 2 heterocycles. The summed E-state index contributed by atoms with van der Waals surface area (Å²) in [6, 6.07) is 3.94. The summed E-state index contributed by atoms with van der Waals surface area (Å²) in [5.41, 5.74) is 7.13. The third-order valence-corrected chi connectivity index (χ3v) is 6.21. The molecule has 4 amide bonds. The molecule has 0 spiro atoms. The minimum Gasteiger partial charge on any atom is -0.381 e. The van der Waals surface area contributed by atoms with Gasteiger partial charge in [-0.3, -0.25) is 19.8 Å². The van der Waals surface area contributed by atoms with Crippen molar-refractivity contribution in [2.75, 3.05) is 13.2 Å². The van der Waals surface area contributed by atoms with Crippen LogP contribution >= 0.6 is 0 Å². The van der Waals surface area contributed by atoms with Crippen molar-refractivity contribution in [3.8, 4) is 0 Å². The monoisotopic (exact) mass is 389 g/mol. The lowest BCUT2D eigenvalue weighted by Gasteiger charge is -2.38. The second kappa shape index (κ2) is 7.25. The van der Waals surface area contributed by atoms with Gasteiger partial charge in [0, 0.05) is 24.8 Å². The molecule has 0 radical (unpaired) electrons. The number of carbonyl (C=O) groups is 3. The number of nitrogens with two attached hydrogens (primary N) is 1. The summed E-state index contributed by atoms with van der Waals surface area (Å²) in [5, 5.41) is 2.31. The van der Waals surface area contributed by atoms with Crippen molar-refractivity contribution in [3.63, 3.8) is 0 Å². The van der Waals surface area contributed by atoms with Gasteiger partial charge in [0.15, 0.2) is 0 Å². The first-order chi connectivity index (χ1) is 13.4. The molecule has 3 N–H and O–H groups in total. The number of carbonyl (C=O) groups excluding carboxylic acids is 3. The van der Waals surface area contributed by atoms with Gasteiger partial charge in [-0.15, -0.1) is 0 Å². The zero-order valence-electron chi connectivity index (χ0n) is 15.6. The van der Waals surface area contributed by atoms with Crippen molar-refractivity contribution in [3.05, 3.63) is 35.1 Å². The predicted octanol–water partition coefficient (Wildman–Crippen LogP) is 1.58. The molecule has 28 heavy (non-hydrogen) atoms. The van der Waals surface area contributed by atoms with E-state index in [1.165, 1.54) is 11.0 Å². The van der Waals surface area contributed by atoms with Gasteiger partial charge in [0.25, 0.3) is 0 Å². The number of halogens is 1. The maximum Gasteiger partial charge on any atom is 0.331 e. The summed E-state index contributed by atoms with van der Waals surface area (Å²) in [5.74, 6) is -2.28. The number of nitrogens with zero attached hydrogens (tertiary/aromatic N) is 1. The fourth-order valence-electron chi connectivity index (χ4n) is 4.60. The number of nitrogens with one attached hydrogen (secondary N) is 1. The lowest BCUT2D eigenvalue weighted by atomic mass is 9.84. The summed E-state index contributed by atoms with van der Waals surface area (Å²) in [4.78, 5) is 38.7. The lowest BCUT2D eigenvalue weighted by molar-refractivity contribution is -0.145. The smallest absolute Gasteiger partial charge is 0.331 e. The predicted molar refractivity (Wildman–Crippen MR) is 97.5 cm³/mol. The van der Waals surface area contributed by atoms with Gasteiger partial charge in [-0.05, 0) is 55.7 Å². The zero-order valence-corrected chi connectivity index (χ0v) is 15.6. The van der Waals surface area contributed by atoms with E-state index < -0.39 is 29.3 Å². The highest BCUT2D eigenvalue weighted by Gasteiger charge is 2.45. The van der Waals surface area contributed by atoms with Crippen LogP contribution in [-0.2, 0) is 26.3 Å². The number of benzene rings is 1. The van der Waals surface area contributed by atoms with Gasteiger partial charge in [0.2, 0.25) is 11.8 Å². The molecular formula is C20H24FN3O4. The summed E-state index contributed by atoms with van der Waals surface area (Å²) < 4.78 is 19.3. The third-order valence-electron chi connectivity index (χ3n) is 6.21. The summed E-state index contributed by atoms with van der Waals surface area (Å²) >= 11 is 0. The average Bonchev–Trinajstić information content (AvgIpc) is 3.01. The lowest BCUT2D eigenvalue weighted by Crippen LogP contribution is -2.61. The number of ether oxygens (including phenoxy) is 1. The topological polar surface area (TPSA) is 102 Å². The van der Waals surface area contributed by atoms with Gasteiger partial charge in [-0.25, -0.2) is 9.18 Å². The van der Waals surface area contributed by atoms with Gasteiger partial charge in [0.05, 0.1) is 0 Å². The van der Waals surface area contributed by atoms with E-state index in [2.05, 4.69) is 5.32 Å². The molecule has 150 valence electrons. The van der Waals surface area contributed by atoms with E-state index in [0.29, 0.717) is 50.9 Å². The van der Waals surface area contributed by atoms with E-state index in [0.717, 1.165) is 5.56 Å². The van der Waals surface area contributed by atoms with Crippen molar-refractivity contribution in [2.24, 2.45) is 11.7 Å². The molecule has 4 rings (SSSR count). The number of barbiturate groups is 1. The molecule has 1 aliphatic carbocycles. The van der Waals surface area contributed by atoms with Gasteiger partial charge in [0.1, 0.15) is 11.7 Å². The number of hydrogen-bond acceptors (Lipinski definition) is 5. The van der Waals surface area contributed by atoms with E-state index in [4.69, 9.17) is 10.5 Å². The van der Waals surface area contributed by atoms with Crippen LogP contribution in [0.15, 0.2) is 18.2 Å². The fraction of sp³-hybridized carbons (Fsp3) is 0.550. The van der Waals surface area contributed by atoms with Crippen molar-refractivity contribution < 1.29 is 23.5 Å². The van der Waals surface area contributed by atoms with Crippen LogP contribution in [0.5, 0.6) is 0 Å². The Morgan fingerprint density at radius 3 is 2.75 bits per heavy atom. The van der Waals surface area contributed by atoms with Crippen molar-refractivity contribution in [2.45, 2.75) is 50.1 Å². The average molecular weight is 389 g/mol. The Kier molecular flexibility index (Phi) is 4.93. The molecule has 1 aromatic rings. The number of rotatable bonds is 4. The summed E-state index contributed by atoms with van der Waals surface area (Å²) in [7, 11) is 0. The molecule has 2 aliphatic heterocycles. The Bertz CT molecular complexity index is 824. The van der Waals surface area contributed by atoms with Crippen LogP contribution < -0.4 is 11.1 Å². The van der Waals surface area contributed by atoms with E-state index in [1.807, 2.05) is 6.07 Å². The molecule has 2 fully saturated rings. The molecule has 7 nitrogen and oxygen atoms in total. The van der Waals surface area contributed by atoms with E-state index in [-0.39, 0.29) is 18.3 Å². The molecule has 1 unspecified atom stereocenters. The van der Waals surface area contributed by atoms with Gasteiger partial charge >= 0.3 is 6.03 Å². The number of amides is 4. The Balaban J connectivity index is 1.50. The SMILES string of the molecule is N[C@@]1(CCC2C(=O)NC(=O)N(C3CCOCC3)C2=O)CCc2c(F)cccc21. The van der Waals surface area contributed by atoms with Crippen molar-refractivity contribution in [1.29, 1.82) is 0 Å². The number of urea groups is 1. The molecular weight excluding hydrogens is 365 g/mol. The van der Waals surface area contributed by atoms with Crippen LogP contribution in [0.3, 0.4) is 0 Å². The normalized spacial score (nSPS) is 28.4. The first-order valence-electron chi connectivity index (χ1n) is 9.73. The third kappa shape index (κ3) is 3.20. The molecule has 1 aromatic carbocycles. The van der Waals surface area contributed by atoms with Gasteiger partial charge in [-0.1, -0.05) is 12.1 Å². The summed E-state index contributed by atoms with van der Waals surface area (Å²) in [6.07, 6.45) is 2.80. The number of hydrogen-bond donors (Lipinski definition) is 2. The maximum absolute atomic E-state index is 14.0. The second-order valence-corrected chi connectivity index (χ2v) is 7.86. The van der Waals surface area contributed by atoms with E-state index >= 15 is 0 Å². The van der Waals surface area contributed by atoms with Crippen LogP contribution in [0.1, 0.15) is 43.2 Å². The minimum atomic E-state index is -0.960. The standard InChI is InChI=1S/C20H24FN3O4/c21-16-3-1-2-15-13(16)4-8-20(15,22)9-5-14-17(25)23-19(27)24(18(14)26)12-6-10-28-11-7-12/h1-3,12,14H,4-11,22H2,(H,23,25,27)/t14?,20-/m1/s1. The molecule has 2 saturated heterocycles. The molecule has 3 aliphatic rings. The molecule has 8 heteroatoms. The van der Waals surface area contributed by atoms with Crippen LogP contribution in [0.4, 0.5) is 9.18 Å². The van der Waals surface area contributed by atoms with Crippen molar-refractivity contribution in [1.82, 2.24) is 10.2 Å². The molecule has 0 saturated carbocycles. The highest BCUT2D eigenvalue weighted by atomic mass is 19.1. The van der Waals surface area contributed by atoms with E-state index in [1.54, 1.807) is 6.07 Å². The first-order valence-corrected chi connectivity index (χ1v) is 9.73. The first kappa shape index (κ1) is 19.0. The number of fused-ring (bicyclic) bond motifs is 1. The summed E-state index contributed by atoms with van der Waals surface area (Å²) in [6.45, 7) is 0.962. The Morgan fingerprint density at radius 2 is 2.00 bits per heavy atom. The Labute approximate surface area is 162 Å². The zero-order chi connectivity index (χ0) is 19.9. The van der Waals surface area contributed by atoms with Crippen LogP contribution in [0.25, 0.3) is 0 Å². The van der Waals surface area contributed by atoms with Crippen molar-refractivity contribution >= 4 is 17.8 Å². The quantitative estimate of drug-likeness (QED) is 0.762. The highest BCUT2D eigenvalue weighted by Crippen LogP contribution is 2.40. The van der Waals surface area contributed by atoms with Crippen LogP contribution in [0.2, 0.25) is 0 Å². The Morgan fingerprint density at radius 1 is 1.25 bits per heavy atom. The Hall–Kier alpha value is -2.32. The van der Waals surface area contributed by atoms with Crippen LogP contribution in [0, 0.1) is 11.7 Å².